The fourth-order valence-corrected chi connectivity index (χ4v) is 3.25. The standard InChI is InChI=1S/C12H23N3O3.C10H18/c1-4-8-13-14-12(17)10(5-2)7-6-9(3)11(16)15-18;1-8-6-5-7-10(3,4)9(8)2/h8-10,18H,4-7H2,1-3H3,(H,14,17)(H,15,16);5-7H2,1-4H3/b13-8+;. The van der Waals surface area contributed by atoms with E-state index in [0.29, 0.717) is 24.7 Å². The molecule has 0 aromatic carbocycles. The van der Waals surface area contributed by atoms with E-state index < -0.39 is 5.91 Å². The van der Waals surface area contributed by atoms with Crippen molar-refractivity contribution in [1.82, 2.24) is 10.9 Å². The molecule has 0 aromatic heterocycles. The lowest BCUT2D eigenvalue weighted by atomic mass is 9.74. The van der Waals surface area contributed by atoms with Crippen LogP contribution in [0.2, 0.25) is 0 Å². The molecule has 2 amide bonds. The maximum Gasteiger partial charge on any atom is 0.246 e. The van der Waals surface area contributed by atoms with Crippen LogP contribution in [0.1, 0.15) is 93.4 Å². The fraction of sp³-hybridized carbons (Fsp3) is 0.773. The molecule has 0 radical (unpaired) electrons. The van der Waals surface area contributed by atoms with Gasteiger partial charge in [-0.3, -0.25) is 14.8 Å². The topological polar surface area (TPSA) is 90.8 Å². The van der Waals surface area contributed by atoms with Crippen LogP contribution in [0.25, 0.3) is 0 Å². The van der Waals surface area contributed by atoms with Gasteiger partial charge in [-0.05, 0) is 64.2 Å². The molecule has 0 saturated carbocycles. The molecule has 1 aliphatic carbocycles. The van der Waals surface area contributed by atoms with E-state index in [1.807, 2.05) is 13.8 Å². The van der Waals surface area contributed by atoms with Gasteiger partial charge >= 0.3 is 0 Å². The van der Waals surface area contributed by atoms with Gasteiger partial charge in [0.25, 0.3) is 0 Å². The highest BCUT2D eigenvalue weighted by molar-refractivity contribution is 5.79. The Kier molecular flexibility index (Phi) is 12.7. The molecule has 3 N–H and O–H groups in total. The van der Waals surface area contributed by atoms with Crippen molar-refractivity contribution in [3.8, 4) is 0 Å². The molecule has 6 heteroatoms. The number of amides is 2. The fourth-order valence-electron chi connectivity index (χ4n) is 3.25. The van der Waals surface area contributed by atoms with E-state index in [0.717, 1.165) is 6.42 Å². The first kappa shape index (κ1) is 26.3. The average Bonchev–Trinajstić information content (AvgIpc) is 2.66. The zero-order valence-corrected chi connectivity index (χ0v) is 18.9. The SMILES string of the molecule is CC/C=N/NC(=O)C(CC)CCC(C)C(=O)NO.CC1=C(C)C(C)(C)CCC1. The maximum atomic E-state index is 11.7. The molecule has 0 saturated heterocycles. The summed E-state index contributed by atoms with van der Waals surface area (Å²) in [6.07, 6.45) is 8.33. The van der Waals surface area contributed by atoms with Gasteiger partial charge in [-0.15, -0.1) is 0 Å². The molecule has 2 atom stereocenters. The van der Waals surface area contributed by atoms with E-state index in [2.05, 4.69) is 38.2 Å². The number of hydrazone groups is 1. The largest absolute Gasteiger partial charge is 0.289 e. The normalized spacial score (nSPS) is 18.1. The van der Waals surface area contributed by atoms with Gasteiger partial charge < -0.3 is 0 Å². The van der Waals surface area contributed by atoms with E-state index >= 15 is 0 Å². The molecule has 0 heterocycles. The zero-order chi connectivity index (χ0) is 21.7. The van der Waals surface area contributed by atoms with E-state index in [1.54, 1.807) is 29.8 Å². The Morgan fingerprint density at radius 3 is 2.32 bits per heavy atom. The third-order valence-electron chi connectivity index (χ3n) is 5.83. The number of nitrogens with zero attached hydrogens (tertiary/aromatic N) is 1. The third kappa shape index (κ3) is 9.49. The molecule has 0 bridgehead atoms. The summed E-state index contributed by atoms with van der Waals surface area (Å²) in [5.74, 6) is -1.02. The van der Waals surface area contributed by atoms with Crippen molar-refractivity contribution in [1.29, 1.82) is 0 Å². The molecule has 6 nitrogen and oxygen atoms in total. The van der Waals surface area contributed by atoms with Crippen LogP contribution in [0.4, 0.5) is 0 Å². The molecule has 0 fully saturated rings. The Labute approximate surface area is 171 Å². The number of carbonyl (C=O) groups is 2. The minimum Gasteiger partial charge on any atom is -0.289 e. The van der Waals surface area contributed by atoms with Crippen molar-refractivity contribution in [3.63, 3.8) is 0 Å². The highest BCUT2D eigenvalue weighted by Crippen LogP contribution is 2.39. The summed E-state index contributed by atoms with van der Waals surface area (Å²) in [6.45, 7) is 14.8. The highest BCUT2D eigenvalue weighted by atomic mass is 16.5. The lowest BCUT2D eigenvalue weighted by Crippen LogP contribution is -2.29. The van der Waals surface area contributed by atoms with Crippen LogP contribution in [0.5, 0.6) is 0 Å². The van der Waals surface area contributed by atoms with Crippen LogP contribution in [0, 0.1) is 17.3 Å². The number of hydrogen-bond donors (Lipinski definition) is 3. The molecular weight excluding hydrogens is 354 g/mol. The Hall–Kier alpha value is -1.69. The van der Waals surface area contributed by atoms with Crippen molar-refractivity contribution < 1.29 is 14.8 Å². The van der Waals surface area contributed by atoms with Gasteiger partial charge in [0.15, 0.2) is 0 Å². The molecule has 0 aliphatic heterocycles. The summed E-state index contributed by atoms with van der Waals surface area (Å²) in [6, 6.07) is 0. The number of hydroxylamine groups is 1. The second-order valence-corrected chi connectivity index (χ2v) is 8.40. The number of nitrogens with one attached hydrogen (secondary N) is 2. The van der Waals surface area contributed by atoms with Gasteiger partial charge in [0.2, 0.25) is 11.8 Å². The van der Waals surface area contributed by atoms with Crippen LogP contribution in [-0.2, 0) is 9.59 Å². The first-order valence-corrected chi connectivity index (χ1v) is 10.5. The zero-order valence-electron chi connectivity index (χ0n) is 18.9. The second-order valence-electron chi connectivity index (χ2n) is 8.40. The van der Waals surface area contributed by atoms with Gasteiger partial charge in [-0.2, -0.15) is 5.10 Å². The van der Waals surface area contributed by atoms with E-state index in [4.69, 9.17) is 5.21 Å². The Balaban J connectivity index is 0.000000609. The minimum atomic E-state index is -0.422. The van der Waals surface area contributed by atoms with Gasteiger partial charge in [0.1, 0.15) is 0 Å². The molecule has 2 unspecified atom stereocenters. The average molecular weight is 396 g/mol. The summed E-state index contributed by atoms with van der Waals surface area (Å²) < 4.78 is 0. The van der Waals surface area contributed by atoms with Crippen LogP contribution in [0.15, 0.2) is 16.2 Å². The Morgan fingerprint density at radius 1 is 1.21 bits per heavy atom. The van der Waals surface area contributed by atoms with Crippen molar-refractivity contribution >= 4 is 18.0 Å². The summed E-state index contributed by atoms with van der Waals surface area (Å²) in [4.78, 5) is 22.8. The smallest absolute Gasteiger partial charge is 0.246 e. The predicted octanol–water partition coefficient (Wildman–Crippen LogP) is 4.98. The molecule has 1 rings (SSSR count). The van der Waals surface area contributed by atoms with Gasteiger partial charge in [0, 0.05) is 18.1 Å². The van der Waals surface area contributed by atoms with Gasteiger partial charge in [0.05, 0.1) is 0 Å². The van der Waals surface area contributed by atoms with Crippen LogP contribution >= 0.6 is 0 Å². The lowest BCUT2D eigenvalue weighted by Gasteiger charge is -2.32. The Bertz CT molecular complexity index is 553. The molecule has 1 aliphatic rings. The maximum absolute atomic E-state index is 11.7. The number of carbonyl (C=O) groups excluding carboxylic acids is 2. The molecule has 0 aromatic rings. The second kappa shape index (κ2) is 13.5. The van der Waals surface area contributed by atoms with Gasteiger partial charge in [-0.25, -0.2) is 10.9 Å². The Morgan fingerprint density at radius 2 is 1.86 bits per heavy atom. The number of rotatable bonds is 8. The van der Waals surface area contributed by atoms with Crippen LogP contribution in [0.3, 0.4) is 0 Å². The summed E-state index contributed by atoms with van der Waals surface area (Å²) in [5.41, 5.74) is 7.83. The molecule has 0 spiro atoms. The summed E-state index contributed by atoms with van der Waals surface area (Å²) in [5, 5.41) is 12.3. The number of allylic oxidation sites excluding steroid dienone is 2. The third-order valence-corrected chi connectivity index (χ3v) is 5.83. The van der Waals surface area contributed by atoms with Crippen molar-refractivity contribution in [2.45, 2.75) is 93.4 Å². The molecule has 28 heavy (non-hydrogen) atoms. The van der Waals surface area contributed by atoms with Crippen molar-refractivity contribution in [2.24, 2.45) is 22.4 Å². The first-order chi connectivity index (χ1) is 13.1. The van der Waals surface area contributed by atoms with Crippen LogP contribution < -0.4 is 10.9 Å². The van der Waals surface area contributed by atoms with Crippen LogP contribution in [-0.4, -0.2) is 23.2 Å². The van der Waals surface area contributed by atoms with Crippen molar-refractivity contribution in [3.05, 3.63) is 11.1 Å². The van der Waals surface area contributed by atoms with E-state index in [-0.39, 0.29) is 17.7 Å². The van der Waals surface area contributed by atoms with E-state index in [1.165, 1.54) is 19.3 Å². The highest BCUT2D eigenvalue weighted by Gasteiger charge is 2.24. The summed E-state index contributed by atoms with van der Waals surface area (Å²) in [7, 11) is 0. The number of hydrogen-bond acceptors (Lipinski definition) is 4. The molecule has 162 valence electrons. The van der Waals surface area contributed by atoms with Gasteiger partial charge in [-0.1, -0.05) is 45.8 Å². The minimum absolute atomic E-state index is 0.126. The first-order valence-electron chi connectivity index (χ1n) is 10.5. The monoisotopic (exact) mass is 395 g/mol. The lowest BCUT2D eigenvalue weighted by molar-refractivity contribution is -0.133. The predicted molar refractivity (Wildman–Crippen MR) is 115 cm³/mol. The van der Waals surface area contributed by atoms with Crippen molar-refractivity contribution in [2.75, 3.05) is 0 Å². The summed E-state index contributed by atoms with van der Waals surface area (Å²) >= 11 is 0. The quantitative estimate of drug-likeness (QED) is 0.234. The molecular formula is C22H41N3O3. The van der Waals surface area contributed by atoms with E-state index in [9.17, 15) is 9.59 Å².